The fourth-order valence-electron chi connectivity index (χ4n) is 1.96. The number of nitrogens with one attached hydrogen (secondary N) is 1. The van der Waals surface area contributed by atoms with Crippen LogP contribution in [-0.2, 0) is 16.1 Å². The van der Waals surface area contributed by atoms with Gasteiger partial charge in [0, 0.05) is 6.42 Å². The molecule has 0 saturated carbocycles. The molecule has 1 aromatic rings. The molecular formula is C17H25N3O3Si. The maximum Gasteiger partial charge on any atom is 0.221 e. The van der Waals surface area contributed by atoms with Gasteiger partial charge in [0.2, 0.25) is 5.91 Å². The Morgan fingerprint density at radius 2 is 1.96 bits per heavy atom. The number of rotatable bonds is 9. The van der Waals surface area contributed by atoms with Crippen molar-refractivity contribution in [2.75, 3.05) is 6.61 Å². The normalized spacial score (nSPS) is 13.6. The van der Waals surface area contributed by atoms with E-state index < -0.39 is 13.6 Å². The third-order valence-corrected chi connectivity index (χ3v) is 6.64. The summed E-state index contributed by atoms with van der Waals surface area (Å²) in [6.07, 6.45) is 0.179. The average molecular weight is 347 g/mol. The van der Waals surface area contributed by atoms with E-state index in [-0.39, 0.29) is 24.5 Å². The molecule has 130 valence electrons. The highest BCUT2D eigenvalue weighted by molar-refractivity contribution is 7.04. The first-order chi connectivity index (χ1) is 11.2. The zero-order valence-corrected chi connectivity index (χ0v) is 15.5. The quantitative estimate of drug-likeness (QED) is 0.669. The van der Waals surface area contributed by atoms with E-state index in [4.69, 9.17) is 10.5 Å². The van der Waals surface area contributed by atoms with E-state index in [0.29, 0.717) is 12.7 Å². The SMILES string of the molecule is CC(C#N)(COCc1ccccc1)NC(=O)CC[Si](C)(C)C(N)=O. The first kappa shape index (κ1) is 19.9. The van der Waals surface area contributed by atoms with E-state index in [0.717, 1.165) is 5.56 Å². The van der Waals surface area contributed by atoms with Crippen LogP contribution in [0.1, 0.15) is 18.9 Å². The van der Waals surface area contributed by atoms with Gasteiger partial charge in [-0.05, 0) is 18.5 Å². The summed E-state index contributed by atoms with van der Waals surface area (Å²) in [5.41, 5.74) is 4.93. The van der Waals surface area contributed by atoms with Gasteiger partial charge in [-0.15, -0.1) is 0 Å². The van der Waals surface area contributed by atoms with Crippen LogP contribution in [0.2, 0.25) is 19.1 Å². The molecule has 1 atom stereocenters. The smallest absolute Gasteiger partial charge is 0.221 e. The van der Waals surface area contributed by atoms with Gasteiger partial charge in [-0.3, -0.25) is 9.59 Å². The topological polar surface area (TPSA) is 105 Å². The molecular weight excluding hydrogens is 322 g/mol. The van der Waals surface area contributed by atoms with Crippen molar-refractivity contribution >= 4 is 19.5 Å². The van der Waals surface area contributed by atoms with Gasteiger partial charge >= 0.3 is 0 Å². The fraction of sp³-hybridized carbons (Fsp3) is 0.471. The van der Waals surface area contributed by atoms with Crippen LogP contribution >= 0.6 is 0 Å². The molecule has 2 amide bonds. The van der Waals surface area contributed by atoms with Crippen LogP contribution in [0.15, 0.2) is 30.3 Å². The highest BCUT2D eigenvalue weighted by Gasteiger charge is 2.31. The molecule has 0 spiro atoms. The molecule has 0 aliphatic rings. The van der Waals surface area contributed by atoms with Crippen LogP contribution in [0.5, 0.6) is 0 Å². The highest BCUT2D eigenvalue weighted by Crippen LogP contribution is 2.13. The van der Waals surface area contributed by atoms with Crippen molar-refractivity contribution in [1.82, 2.24) is 5.32 Å². The zero-order valence-electron chi connectivity index (χ0n) is 14.5. The standard InChI is InChI=1S/C17H25N3O3Si/c1-17(12-18,13-23-11-14-7-5-4-6-8-14)20-15(21)9-10-24(2,3)16(19)22/h4-8H,9-11,13H2,1-3H3,(H2,19,22)(H,20,21). The van der Waals surface area contributed by atoms with E-state index in [1.54, 1.807) is 6.92 Å². The minimum atomic E-state index is -2.23. The van der Waals surface area contributed by atoms with Gasteiger partial charge in [0.15, 0.2) is 13.6 Å². The van der Waals surface area contributed by atoms with E-state index in [1.165, 1.54) is 0 Å². The van der Waals surface area contributed by atoms with Crippen molar-refractivity contribution in [3.63, 3.8) is 0 Å². The maximum atomic E-state index is 12.1. The van der Waals surface area contributed by atoms with Gasteiger partial charge in [-0.25, -0.2) is 0 Å². The number of nitrogens with two attached hydrogens (primary N) is 1. The summed E-state index contributed by atoms with van der Waals surface area (Å²) in [5, 5.41) is 12.0. The Morgan fingerprint density at radius 1 is 1.33 bits per heavy atom. The molecule has 7 heteroatoms. The van der Waals surface area contributed by atoms with E-state index in [1.807, 2.05) is 43.4 Å². The summed E-state index contributed by atoms with van der Waals surface area (Å²) in [6.45, 7) is 5.73. The predicted octanol–water partition coefficient (Wildman–Crippen LogP) is 2.36. The zero-order chi connectivity index (χ0) is 18.2. The van der Waals surface area contributed by atoms with Crippen molar-refractivity contribution in [3.8, 4) is 6.07 Å². The van der Waals surface area contributed by atoms with Crippen LogP contribution in [0.3, 0.4) is 0 Å². The Kier molecular flexibility index (Phi) is 7.13. The van der Waals surface area contributed by atoms with Crippen molar-refractivity contribution in [2.45, 2.75) is 44.6 Å². The van der Waals surface area contributed by atoms with Crippen LogP contribution in [0.25, 0.3) is 0 Å². The molecule has 0 bridgehead atoms. The first-order valence-electron chi connectivity index (χ1n) is 7.82. The van der Waals surface area contributed by atoms with E-state index in [2.05, 4.69) is 11.4 Å². The van der Waals surface area contributed by atoms with E-state index in [9.17, 15) is 14.9 Å². The summed E-state index contributed by atoms with van der Waals surface area (Å²) < 4.78 is 5.56. The monoisotopic (exact) mass is 347 g/mol. The lowest BCUT2D eigenvalue weighted by Crippen LogP contribution is -2.49. The van der Waals surface area contributed by atoms with Gasteiger partial charge in [0.05, 0.1) is 19.3 Å². The molecule has 0 aromatic heterocycles. The number of amides is 2. The summed E-state index contributed by atoms with van der Waals surface area (Å²) in [4.78, 5) is 23.4. The van der Waals surface area contributed by atoms with Gasteiger partial charge in [0.1, 0.15) is 5.54 Å². The summed E-state index contributed by atoms with van der Waals surface area (Å²) >= 11 is 0. The Morgan fingerprint density at radius 3 is 2.50 bits per heavy atom. The van der Waals surface area contributed by atoms with Crippen LogP contribution in [0.4, 0.5) is 4.79 Å². The Balaban J connectivity index is 2.48. The number of benzene rings is 1. The minimum absolute atomic E-state index is 0.0841. The molecule has 0 radical (unpaired) electrons. The van der Waals surface area contributed by atoms with Crippen LogP contribution in [-0.4, -0.2) is 31.7 Å². The molecule has 6 nitrogen and oxygen atoms in total. The molecule has 0 aliphatic heterocycles. The number of carbonyl (C=O) groups is 2. The van der Waals surface area contributed by atoms with Gasteiger partial charge in [0.25, 0.3) is 0 Å². The molecule has 1 aromatic carbocycles. The summed E-state index contributed by atoms with van der Waals surface area (Å²) in [7, 11) is -2.23. The Hall–Kier alpha value is -2.17. The average Bonchev–Trinajstić information content (AvgIpc) is 2.54. The van der Waals surface area contributed by atoms with Gasteiger partial charge in [-0.1, -0.05) is 43.4 Å². The molecule has 1 rings (SSSR count). The second-order valence-electron chi connectivity index (χ2n) is 6.72. The molecule has 0 heterocycles. The second kappa shape index (κ2) is 8.62. The number of carbonyl (C=O) groups excluding carboxylic acids is 2. The molecule has 24 heavy (non-hydrogen) atoms. The maximum absolute atomic E-state index is 12.1. The predicted molar refractivity (Wildman–Crippen MR) is 94.7 cm³/mol. The number of nitriles is 1. The van der Waals surface area contributed by atoms with Gasteiger partial charge < -0.3 is 15.8 Å². The van der Waals surface area contributed by atoms with E-state index >= 15 is 0 Å². The third kappa shape index (κ3) is 6.52. The highest BCUT2D eigenvalue weighted by atomic mass is 28.3. The number of hydrogen-bond donors (Lipinski definition) is 2. The lowest BCUT2D eigenvalue weighted by Gasteiger charge is -2.24. The Labute approximate surface area is 144 Å². The van der Waals surface area contributed by atoms with Crippen molar-refractivity contribution < 1.29 is 14.3 Å². The number of nitrogens with zero attached hydrogens (tertiary/aromatic N) is 1. The van der Waals surface area contributed by atoms with Crippen LogP contribution < -0.4 is 11.1 Å². The number of primary amides is 1. The lowest BCUT2D eigenvalue weighted by atomic mass is 10.1. The molecule has 1 unspecified atom stereocenters. The first-order valence-corrected chi connectivity index (χ1v) is 11.0. The summed E-state index contributed by atoms with van der Waals surface area (Å²) in [6, 6.07) is 12.1. The van der Waals surface area contributed by atoms with Crippen LogP contribution in [0, 0.1) is 11.3 Å². The molecule has 0 saturated heterocycles. The van der Waals surface area contributed by atoms with Crippen molar-refractivity contribution in [1.29, 1.82) is 5.26 Å². The summed E-state index contributed by atoms with van der Waals surface area (Å²) in [5.74, 6) is -0.274. The number of hydrogen-bond acceptors (Lipinski definition) is 4. The number of ether oxygens (including phenoxy) is 1. The molecule has 3 N–H and O–H groups in total. The third-order valence-electron chi connectivity index (χ3n) is 3.81. The van der Waals surface area contributed by atoms with Crippen molar-refractivity contribution in [2.24, 2.45) is 5.73 Å². The van der Waals surface area contributed by atoms with Crippen molar-refractivity contribution in [3.05, 3.63) is 35.9 Å². The molecule has 0 fully saturated rings. The fourth-order valence-corrected chi connectivity index (χ4v) is 3.06. The lowest BCUT2D eigenvalue weighted by molar-refractivity contribution is -0.122. The molecule has 0 aliphatic carbocycles. The Bertz CT molecular complexity index is 613. The second-order valence-corrected chi connectivity index (χ2v) is 11.5. The van der Waals surface area contributed by atoms with Gasteiger partial charge in [-0.2, -0.15) is 5.26 Å². The minimum Gasteiger partial charge on any atom is -0.374 e. The largest absolute Gasteiger partial charge is 0.374 e.